The molecular weight excluding hydrogens is 177 g/mol. The third-order valence-electron chi connectivity index (χ3n) is 2.22. The number of terminal acetylenes is 1. The quantitative estimate of drug-likeness (QED) is 0.730. The van der Waals surface area contributed by atoms with Crippen LogP contribution in [0.15, 0.2) is 18.2 Å². The third-order valence-corrected chi connectivity index (χ3v) is 2.22. The first-order valence-corrected chi connectivity index (χ1v) is 4.60. The van der Waals surface area contributed by atoms with Gasteiger partial charge >= 0.3 is 0 Å². The second-order valence-electron chi connectivity index (χ2n) is 3.36. The summed E-state index contributed by atoms with van der Waals surface area (Å²) in [6.45, 7) is 1.73. The molecule has 0 aliphatic carbocycles. The average Bonchev–Trinajstić information content (AvgIpc) is 2.18. The molecule has 2 heteroatoms. The lowest BCUT2D eigenvalue weighted by Crippen LogP contribution is -2.10. The van der Waals surface area contributed by atoms with Crippen molar-refractivity contribution in [2.24, 2.45) is 5.73 Å². The molecule has 2 N–H and O–H groups in total. The van der Waals surface area contributed by atoms with Gasteiger partial charge in [0.15, 0.2) is 0 Å². The van der Waals surface area contributed by atoms with E-state index >= 15 is 0 Å². The third kappa shape index (κ3) is 2.58. The van der Waals surface area contributed by atoms with E-state index in [1.807, 2.05) is 6.07 Å². The molecule has 0 saturated carbocycles. The second kappa shape index (κ2) is 4.78. The van der Waals surface area contributed by atoms with E-state index < -0.39 is 0 Å². The van der Waals surface area contributed by atoms with Crippen LogP contribution in [0.25, 0.3) is 0 Å². The number of hydrogen-bond acceptors (Lipinski definition) is 1. The van der Waals surface area contributed by atoms with Gasteiger partial charge in [0.1, 0.15) is 5.82 Å². The topological polar surface area (TPSA) is 26.0 Å². The molecule has 14 heavy (non-hydrogen) atoms. The monoisotopic (exact) mass is 191 g/mol. The summed E-state index contributed by atoms with van der Waals surface area (Å²) in [5, 5.41) is 0. The van der Waals surface area contributed by atoms with E-state index in [4.69, 9.17) is 12.2 Å². The molecule has 0 aromatic heterocycles. The fourth-order valence-electron chi connectivity index (χ4n) is 1.25. The number of aryl methyl sites for hydroxylation is 1. The summed E-state index contributed by atoms with van der Waals surface area (Å²) in [6.07, 6.45) is 6.44. The van der Waals surface area contributed by atoms with Gasteiger partial charge in [-0.15, -0.1) is 12.3 Å². The highest BCUT2D eigenvalue weighted by molar-refractivity contribution is 5.25. The molecule has 1 aromatic carbocycles. The molecule has 1 atom stereocenters. The van der Waals surface area contributed by atoms with Crippen LogP contribution in [0, 0.1) is 25.1 Å². The van der Waals surface area contributed by atoms with Crippen LogP contribution >= 0.6 is 0 Å². The minimum atomic E-state index is -0.210. The Morgan fingerprint density at radius 3 is 2.86 bits per heavy atom. The average molecular weight is 191 g/mol. The summed E-state index contributed by atoms with van der Waals surface area (Å²) < 4.78 is 13.2. The van der Waals surface area contributed by atoms with Gasteiger partial charge in [-0.25, -0.2) is 4.39 Å². The number of halogens is 1. The Morgan fingerprint density at radius 2 is 2.29 bits per heavy atom. The van der Waals surface area contributed by atoms with Crippen LogP contribution < -0.4 is 5.73 Å². The highest BCUT2D eigenvalue weighted by Crippen LogP contribution is 2.18. The summed E-state index contributed by atoms with van der Waals surface area (Å²) in [5.41, 5.74) is 7.28. The molecule has 0 bridgehead atoms. The zero-order chi connectivity index (χ0) is 10.6. The van der Waals surface area contributed by atoms with Gasteiger partial charge in [0, 0.05) is 12.5 Å². The Hall–Kier alpha value is -1.33. The van der Waals surface area contributed by atoms with E-state index in [1.54, 1.807) is 13.0 Å². The maximum atomic E-state index is 13.2. The summed E-state index contributed by atoms with van der Waals surface area (Å²) in [6, 6.07) is 4.90. The van der Waals surface area contributed by atoms with Gasteiger partial charge in [-0.05, 0) is 30.5 Å². The van der Waals surface area contributed by atoms with Crippen LogP contribution in [0.2, 0.25) is 0 Å². The molecule has 0 fully saturated rings. The Balaban J connectivity index is 2.76. The van der Waals surface area contributed by atoms with Crippen molar-refractivity contribution in [1.82, 2.24) is 0 Å². The first kappa shape index (κ1) is 10.7. The molecular formula is C12H14FN. The van der Waals surface area contributed by atoms with Gasteiger partial charge in [-0.1, -0.05) is 12.1 Å². The van der Waals surface area contributed by atoms with E-state index in [0.717, 1.165) is 5.56 Å². The number of nitrogens with two attached hydrogens (primary N) is 1. The maximum Gasteiger partial charge on any atom is 0.126 e. The molecule has 0 amide bonds. The van der Waals surface area contributed by atoms with Crippen LogP contribution in [-0.2, 0) is 0 Å². The molecule has 0 aliphatic heterocycles. The van der Waals surface area contributed by atoms with E-state index in [0.29, 0.717) is 18.4 Å². The van der Waals surface area contributed by atoms with Gasteiger partial charge in [0.2, 0.25) is 0 Å². The van der Waals surface area contributed by atoms with Crippen molar-refractivity contribution in [2.75, 3.05) is 0 Å². The maximum absolute atomic E-state index is 13.2. The van der Waals surface area contributed by atoms with Gasteiger partial charge in [0.05, 0.1) is 0 Å². The number of rotatable bonds is 3. The normalized spacial score (nSPS) is 12.1. The standard InChI is InChI=1S/C12H14FN/c1-3-4-5-12(14)10-7-6-9(2)11(13)8-10/h1,6-8,12H,4-5,14H2,2H3. The lowest BCUT2D eigenvalue weighted by Gasteiger charge is -2.10. The van der Waals surface area contributed by atoms with Gasteiger partial charge in [-0.3, -0.25) is 0 Å². The van der Waals surface area contributed by atoms with Crippen LogP contribution in [0.3, 0.4) is 0 Å². The Labute approximate surface area is 84.1 Å². The largest absolute Gasteiger partial charge is 0.324 e. The van der Waals surface area contributed by atoms with Gasteiger partial charge in [0.25, 0.3) is 0 Å². The zero-order valence-electron chi connectivity index (χ0n) is 8.26. The fourth-order valence-corrected chi connectivity index (χ4v) is 1.25. The predicted octanol–water partition coefficient (Wildman–Crippen LogP) is 2.55. The highest BCUT2D eigenvalue weighted by atomic mass is 19.1. The van der Waals surface area contributed by atoms with E-state index in [1.165, 1.54) is 6.07 Å². The summed E-state index contributed by atoms with van der Waals surface area (Å²) in [4.78, 5) is 0. The SMILES string of the molecule is C#CCCC(N)c1ccc(C)c(F)c1. The van der Waals surface area contributed by atoms with Crippen LogP contribution in [0.5, 0.6) is 0 Å². The van der Waals surface area contributed by atoms with Crippen molar-refractivity contribution in [2.45, 2.75) is 25.8 Å². The second-order valence-corrected chi connectivity index (χ2v) is 3.36. The molecule has 1 unspecified atom stereocenters. The molecule has 1 nitrogen and oxygen atoms in total. The summed E-state index contributed by atoms with van der Waals surface area (Å²) in [7, 11) is 0. The lowest BCUT2D eigenvalue weighted by atomic mass is 10.0. The molecule has 1 aromatic rings. The van der Waals surface area contributed by atoms with Crippen molar-refractivity contribution < 1.29 is 4.39 Å². The molecule has 0 aliphatic rings. The van der Waals surface area contributed by atoms with Gasteiger partial charge < -0.3 is 5.73 Å². The van der Waals surface area contributed by atoms with Crippen molar-refractivity contribution in [3.63, 3.8) is 0 Å². The number of hydrogen-bond donors (Lipinski definition) is 1. The molecule has 0 radical (unpaired) electrons. The van der Waals surface area contributed by atoms with Crippen molar-refractivity contribution >= 4 is 0 Å². The minimum absolute atomic E-state index is 0.166. The van der Waals surface area contributed by atoms with Crippen LogP contribution in [-0.4, -0.2) is 0 Å². The van der Waals surface area contributed by atoms with Crippen LogP contribution in [0.1, 0.15) is 30.0 Å². The van der Waals surface area contributed by atoms with Gasteiger partial charge in [-0.2, -0.15) is 0 Å². The minimum Gasteiger partial charge on any atom is -0.324 e. The van der Waals surface area contributed by atoms with E-state index in [2.05, 4.69) is 5.92 Å². The fraction of sp³-hybridized carbons (Fsp3) is 0.333. The first-order valence-electron chi connectivity index (χ1n) is 4.60. The predicted molar refractivity (Wildman–Crippen MR) is 56.1 cm³/mol. The molecule has 0 spiro atoms. The zero-order valence-corrected chi connectivity index (χ0v) is 8.26. The Morgan fingerprint density at radius 1 is 1.57 bits per heavy atom. The molecule has 74 valence electrons. The smallest absolute Gasteiger partial charge is 0.126 e. The summed E-state index contributed by atoms with van der Waals surface area (Å²) in [5.74, 6) is 2.31. The van der Waals surface area contributed by atoms with Crippen molar-refractivity contribution in [1.29, 1.82) is 0 Å². The summed E-state index contributed by atoms with van der Waals surface area (Å²) >= 11 is 0. The number of benzene rings is 1. The Kier molecular flexibility index (Phi) is 3.67. The highest BCUT2D eigenvalue weighted by Gasteiger charge is 2.06. The molecule has 1 rings (SSSR count). The van der Waals surface area contributed by atoms with Crippen LogP contribution in [0.4, 0.5) is 4.39 Å². The van der Waals surface area contributed by atoms with Crippen molar-refractivity contribution in [3.8, 4) is 12.3 Å². The first-order chi connectivity index (χ1) is 6.65. The van der Waals surface area contributed by atoms with E-state index in [9.17, 15) is 4.39 Å². The molecule has 0 saturated heterocycles. The molecule has 0 heterocycles. The van der Waals surface area contributed by atoms with E-state index in [-0.39, 0.29) is 11.9 Å². The van der Waals surface area contributed by atoms with Crippen molar-refractivity contribution in [3.05, 3.63) is 35.1 Å². The lowest BCUT2D eigenvalue weighted by molar-refractivity contribution is 0.605. The Bertz CT molecular complexity index is 352.